The van der Waals surface area contributed by atoms with Crippen molar-refractivity contribution in [2.45, 2.75) is 0 Å². The molecule has 20 heavy (non-hydrogen) atoms. The molecule has 0 aliphatic carbocycles. The largest absolute Gasteiger partial charge is 0.482 e. The third-order valence-electron chi connectivity index (χ3n) is 2.78. The van der Waals surface area contributed by atoms with Crippen LogP contribution < -0.4 is 10.1 Å². The predicted molar refractivity (Wildman–Crippen MR) is 78.3 cm³/mol. The van der Waals surface area contributed by atoms with Gasteiger partial charge in [0.05, 0.1) is 15.6 Å². The number of hydrogen-bond acceptors (Lipinski definition) is 4. The molecule has 1 amide bonds. The molecule has 0 saturated carbocycles. The molecular weight excluding hydrogens is 321 g/mol. The fraction of sp³-hybridized carbons (Fsp3) is 0.0769. The molecule has 0 saturated heterocycles. The van der Waals surface area contributed by atoms with E-state index in [-0.39, 0.29) is 18.3 Å². The number of anilines is 1. The Hall–Kier alpha value is -1.56. The van der Waals surface area contributed by atoms with Crippen LogP contribution in [0.15, 0.2) is 24.3 Å². The van der Waals surface area contributed by atoms with Gasteiger partial charge in [0.1, 0.15) is 10.1 Å². The molecule has 0 spiro atoms. The smallest absolute Gasteiger partial charge is 0.262 e. The number of nitrogens with one attached hydrogen (secondary N) is 1. The zero-order valence-electron chi connectivity index (χ0n) is 9.91. The lowest BCUT2D eigenvalue weighted by Crippen LogP contribution is -2.25. The number of fused-ring (bicyclic) bond motifs is 1. The first-order chi connectivity index (χ1) is 9.54. The molecule has 1 N–H and O–H groups in total. The molecule has 0 fully saturated rings. The molecular formula is C13H7Cl2NO3S. The summed E-state index contributed by atoms with van der Waals surface area (Å²) in [6, 6.07) is 6.37. The summed E-state index contributed by atoms with van der Waals surface area (Å²) in [6.07, 6.45) is 0. The van der Waals surface area contributed by atoms with Gasteiger partial charge in [0.2, 0.25) is 0 Å². The standard InChI is InChI=1S/C13H7Cl2NO3S/c14-10-4-7(13(15)20-10)12(18)6-1-2-9-8(3-6)16-11(17)5-19-9/h1-4H,5H2,(H,16,17). The van der Waals surface area contributed by atoms with Gasteiger partial charge in [-0.3, -0.25) is 9.59 Å². The van der Waals surface area contributed by atoms with Crippen molar-refractivity contribution >= 4 is 51.9 Å². The molecule has 3 rings (SSSR count). The first-order valence-corrected chi connectivity index (χ1v) is 7.18. The molecule has 0 atom stereocenters. The summed E-state index contributed by atoms with van der Waals surface area (Å²) < 4.78 is 6.03. The summed E-state index contributed by atoms with van der Waals surface area (Å²) in [6.45, 7) is -0.0216. The number of ether oxygens (including phenoxy) is 1. The van der Waals surface area contributed by atoms with Crippen molar-refractivity contribution in [2.75, 3.05) is 11.9 Å². The highest BCUT2D eigenvalue weighted by molar-refractivity contribution is 7.20. The van der Waals surface area contributed by atoms with Crippen molar-refractivity contribution in [2.24, 2.45) is 0 Å². The Kier molecular flexibility index (Phi) is 3.41. The zero-order chi connectivity index (χ0) is 14.3. The van der Waals surface area contributed by atoms with Gasteiger partial charge in [0, 0.05) is 5.56 Å². The SMILES string of the molecule is O=C1COc2ccc(C(=O)c3cc(Cl)sc3Cl)cc2N1. The fourth-order valence-electron chi connectivity index (χ4n) is 1.87. The van der Waals surface area contributed by atoms with Crippen LogP contribution in [-0.2, 0) is 4.79 Å². The molecule has 4 nitrogen and oxygen atoms in total. The number of carbonyl (C=O) groups is 2. The molecule has 1 aliphatic rings. The van der Waals surface area contributed by atoms with E-state index < -0.39 is 0 Å². The van der Waals surface area contributed by atoms with E-state index in [4.69, 9.17) is 27.9 Å². The highest BCUT2D eigenvalue weighted by atomic mass is 35.5. The molecule has 0 unspecified atom stereocenters. The molecule has 1 aromatic heterocycles. The van der Waals surface area contributed by atoms with Gasteiger partial charge in [0.25, 0.3) is 5.91 Å². The summed E-state index contributed by atoms with van der Waals surface area (Å²) >= 11 is 12.9. The minimum Gasteiger partial charge on any atom is -0.482 e. The fourth-order valence-corrected chi connectivity index (χ4v) is 3.33. The minimum atomic E-state index is -0.251. The summed E-state index contributed by atoms with van der Waals surface area (Å²) in [5, 5.41) is 2.65. The average molecular weight is 328 g/mol. The van der Waals surface area contributed by atoms with Crippen molar-refractivity contribution in [1.82, 2.24) is 0 Å². The maximum absolute atomic E-state index is 12.4. The molecule has 1 aromatic carbocycles. The number of benzene rings is 1. The lowest BCUT2D eigenvalue weighted by Gasteiger charge is -2.18. The van der Waals surface area contributed by atoms with E-state index in [9.17, 15) is 9.59 Å². The van der Waals surface area contributed by atoms with Crippen molar-refractivity contribution < 1.29 is 14.3 Å². The highest BCUT2D eigenvalue weighted by Crippen LogP contribution is 2.34. The third kappa shape index (κ3) is 2.40. The summed E-state index contributed by atoms with van der Waals surface area (Å²) in [5.74, 6) is 0.0371. The highest BCUT2D eigenvalue weighted by Gasteiger charge is 2.20. The number of rotatable bonds is 2. The topological polar surface area (TPSA) is 55.4 Å². The maximum Gasteiger partial charge on any atom is 0.262 e. The van der Waals surface area contributed by atoms with Crippen molar-refractivity contribution in [3.63, 3.8) is 0 Å². The lowest BCUT2D eigenvalue weighted by molar-refractivity contribution is -0.118. The van der Waals surface area contributed by atoms with Crippen LogP contribution in [0.1, 0.15) is 15.9 Å². The average Bonchev–Trinajstić information content (AvgIpc) is 2.76. The van der Waals surface area contributed by atoms with Gasteiger partial charge in [-0.25, -0.2) is 0 Å². The molecule has 7 heteroatoms. The quantitative estimate of drug-likeness (QED) is 0.857. The molecule has 102 valence electrons. The first-order valence-electron chi connectivity index (χ1n) is 5.61. The molecule has 0 bridgehead atoms. The Morgan fingerprint density at radius 3 is 2.80 bits per heavy atom. The van der Waals surface area contributed by atoms with Crippen LogP contribution in [0.4, 0.5) is 5.69 Å². The Labute approximate surface area is 128 Å². The Bertz CT molecular complexity index is 726. The van der Waals surface area contributed by atoms with Gasteiger partial charge in [-0.1, -0.05) is 23.2 Å². The van der Waals surface area contributed by atoms with E-state index in [1.54, 1.807) is 18.2 Å². The summed E-state index contributed by atoms with van der Waals surface area (Å²) in [4.78, 5) is 23.6. The third-order valence-corrected chi connectivity index (χ3v) is 4.26. The van der Waals surface area contributed by atoms with Crippen molar-refractivity contribution in [3.05, 3.63) is 44.1 Å². The van der Waals surface area contributed by atoms with E-state index in [2.05, 4.69) is 5.32 Å². The van der Waals surface area contributed by atoms with Gasteiger partial charge in [-0.05, 0) is 24.3 Å². The lowest BCUT2D eigenvalue weighted by atomic mass is 10.0. The van der Waals surface area contributed by atoms with Crippen LogP contribution >= 0.6 is 34.5 Å². The van der Waals surface area contributed by atoms with Crippen LogP contribution in [-0.4, -0.2) is 18.3 Å². The van der Waals surface area contributed by atoms with Gasteiger partial charge in [-0.15, -0.1) is 11.3 Å². The predicted octanol–water partition coefficient (Wildman–Crippen LogP) is 3.62. The van der Waals surface area contributed by atoms with Gasteiger partial charge in [-0.2, -0.15) is 0 Å². The van der Waals surface area contributed by atoms with E-state index in [1.807, 2.05) is 0 Å². The second-order valence-corrected chi connectivity index (χ2v) is 6.40. The van der Waals surface area contributed by atoms with Crippen molar-refractivity contribution in [3.8, 4) is 5.75 Å². The monoisotopic (exact) mass is 327 g/mol. The zero-order valence-corrected chi connectivity index (χ0v) is 12.2. The first kappa shape index (κ1) is 13.4. The minimum absolute atomic E-state index is 0.0216. The summed E-state index contributed by atoms with van der Waals surface area (Å²) in [7, 11) is 0. The number of amides is 1. The van der Waals surface area contributed by atoms with E-state index in [0.29, 0.717) is 31.2 Å². The van der Waals surface area contributed by atoms with E-state index in [1.165, 1.54) is 6.07 Å². The van der Waals surface area contributed by atoms with Crippen LogP contribution in [0.25, 0.3) is 0 Å². The summed E-state index contributed by atoms with van der Waals surface area (Å²) in [5.41, 5.74) is 1.24. The molecule has 0 radical (unpaired) electrons. The molecule has 2 aromatic rings. The number of halogens is 2. The van der Waals surface area contributed by atoms with E-state index >= 15 is 0 Å². The second-order valence-electron chi connectivity index (χ2n) is 4.11. The van der Waals surface area contributed by atoms with Crippen LogP contribution in [0.2, 0.25) is 8.67 Å². The number of hydrogen-bond donors (Lipinski definition) is 1. The van der Waals surface area contributed by atoms with Crippen LogP contribution in [0.5, 0.6) is 5.75 Å². The molecule has 1 aliphatic heterocycles. The normalized spacial score (nSPS) is 13.4. The van der Waals surface area contributed by atoms with Crippen LogP contribution in [0, 0.1) is 0 Å². The molecule has 2 heterocycles. The van der Waals surface area contributed by atoms with Gasteiger partial charge >= 0.3 is 0 Å². The van der Waals surface area contributed by atoms with Gasteiger partial charge in [0.15, 0.2) is 12.4 Å². The second kappa shape index (κ2) is 5.09. The maximum atomic E-state index is 12.4. The number of carbonyl (C=O) groups excluding carboxylic acids is 2. The Morgan fingerprint density at radius 1 is 1.30 bits per heavy atom. The number of ketones is 1. The van der Waals surface area contributed by atoms with Crippen molar-refractivity contribution in [1.29, 1.82) is 0 Å². The van der Waals surface area contributed by atoms with Crippen LogP contribution in [0.3, 0.4) is 0 Å². The Morgan fingerprint density at radius 2 is 2.10 bits per heavy atom. The van der Waals surface area contributed by atoms with Gasteiger partial charge < -0.3 is 10.1 Å². The Balaban J connectivity index is 1.99. The van der Waals surface area contributed by atoms with E-state index in [0.717, 1.165) is 11.3 Å². The number of thiophene rings is 1.